The molecule has 0 aliphatic heterocycles. The molecule has 0 aromatic heterocycles. The number of unbranched alkanes of at least 4 members (excludes halogenated alkanes) is 4. The summed E-state index contributed by atoms with van der Waals surface area (Å²) < 4.78 is 14.2. The Morgan fingerprint density at radius 3 is 1.94 bits per heavy atom. The number of hydrogen-bond donors (Lipinski definition) is 1. The van der Waals surface area contributed by atoms with Crippen molar-refractivity contribution in [3.8, 4) is 0 Å². The second-order valence-corrected chi connectivity index (χ2v) is 31.6. The van der Waals surface area contributed by atoms with Crippen molar-refractivity contribution in [1.29, 1.82) is 0 Å². The summed E-state index contributed by atoms with van der Waals surface area (Å²) in [7, 11) is -3.83. The summed E-state index contributed by atoms with van der Waals surface area (Å²) in [5.74, 6) is 1.44. The van der Waals surface area contributed by atoms with Gasteiger partial charge in [0.15, 0.2) is 16.6 Å². The van der Waals surface area contributed by atoms with Gasteiger partial charge in [-0.05, 0) is 130 Å². The molecule has 4 aliphatic carbocycles. The van der Waals surface area contributed by atoms with E-state index in [0.717, 1.165) is 44.9 Å². The molecule has 1 N–H and O–H groups in total. The second kappa shape index (κ2) is 17.0. The number of carbonyl (C=O) groups excluding carboxylic acids is 1. The van der Waals surface area contributed by atoms with Crippen LogP contribution in [0, 0.1) is 28.1 Å². The van der Waals surface area contributed by atoms with Gasteiger partial charge in [0.25, 0.3) is 0 Å². The molecule has 53 heavy (non-hydrogen) atoms. The summed E-state index contributed by atoms with van der Waals surface area (Å²) in [5.41, 5.74) is 2.82. The van der Waals surface area contributed by atoms with Gasteiger partial charge >= 0.3 is 0 Å². The van der Waals surface area contributed by atoms with Crippen LogP contribution in [0.25, 0.3) is 0 Å². The van der Waals surface area contributed by atoms with Crippen LogP contribution in [0.5, 0.6) is 0 Å². The van der Waals surface area contributed by atoms with Crippen molar-refractivity contribution in [2.24, 2.45) is 28.1 Å². The van der Waals surface area contributed by atoms with Crippen LogP contribution >= 0.6 is 0 Å². The molecule has 0 aromatic carbocycles. The lowest BCUT2D eigenvalue weighted by atomic mass is 9.57. The molecule has 0 aromatic rings. The maximum Gasteiger partial charge on any atom is 0.192 e. The van der Waals surface area contributed by atoms with E-state index in [0.29, 0.717) is 24.0 Å². The maximum atomic E-state index is 13.3. The molecule has 0 amide bonds. The molecule has 4 nitrogen and oxygen atoms in total. The predicted molar refractivity (Wildman–Crippen MR) is 231 cm³/mol. The third-order valence-electron chi connectivity index (χ3n) is 15.6. The fourth-order valence-electron chi connectivity index (χ4n) is 9.97. The van der Waals surface area contributed by atoms with Gasteiger partial charge in [0.2, 0.25) is 0 Å². The zero-order chi connectivity index (χ0) is 39.7. The standard InChI is InChI=1S/C47H84O4Si2/c1-15-16-17-18-19-22-41(48)47(30-31-47)42(49)27-29-45(8,9)40-26-25-39-36(21-20-28-46(39,40)10)24-23-35-32-37(50-52(11,12)43(2,3)4)34-38(33-35)51-53(13,14)44(5,6)7/h23-24,27,29,37-40,42,49H,15-22,25-26,28,30-34H2,1-14H3/b29-27+,36-24+/t37-,38-,39+,40-,42?,46+/m1/s1. The van der Waals surface area contributed by atoms with Gasteiger partial charge in [-0.3, -0.25) is 4.79 Å². The van der Waals surface area contributed by atoms with Crippen LogP contribution in [0.4, 0.5) is 0 Å². The molecule has 0 saturated heterocycles. The minimum atomic E-state index is -1.92. The van der Waals surface area contributed by atoms with Gasteiger partial charge in [-0.25, -0.2) is 0 Å². The molecular formula is C47H84O4Si2. The number of hydrogen-bond acceptors (Lipinski definition) is 4. The van der Waals surface area contributed by atoms with Crippen molar-refractivity contribution in [3.05, 3.63) is 35.5 Å². The van der Waals surface area contributed by atoms with Crippen LogP contribution in [0.2, 0.25) is 36.3 Å². The van der Waals surface area contributed by atoms with Crippen molar-refractivity contribution in [2.75, 3.05) is 0 Å². The van der Waals surface area contributed by atoms with E-state index in [4.69, 9.17) is 8.85 Å². The number of allylic oxidation sites excluding steroid dienone is 4. The molecule has 6 atom stereocenters. The van der Waals surface area contributed by atoms with E-state index in [1.165, 1.54) is 56.9 Å². The maximum absolute atomic E-state index is 13.3. The first-order valence-electron chi connectivity index (χ1n) is 22.0. The summed E-state index contributed by atoms with van der Waals surface area (Å²) in [6.45, 7) is 33.2. The Labute approximate surface area is 330 Å². The largest absolute Gasteiger partial charge is 0.414 e. The molecule has 1 unspecified atom stereocenters. The van der Waals surface area contributed by atoms with Crippen LogP contribution in [0.3, 0.4) is 0 Å². The minimum Gasteiger partial charge on any atom is -0.414 e. The Bertz CT molecular complexity index is 1300. The second-order valence-electron chi connectivity index (χ2n) is 22.1. The van der Waals surface area contributed by atoms with Crippen LogP contribution in [-0.4, -0.2) is 45.8 Å². The van der Waals surface area contributed by atoms with Gasteiger partial charge in [0, 0.05) is 6.42 Å². The van der Waals surface area contributed by atoms with Gasteiger partial charge < -0.3 is 14.0 Å². The third kappa shape index (κ3) is 10.6. The normalized spacial score (nSPS) is 29.8. The van der Waals surface area contributed by atoms with E-state index >= 15 is 0 Å². The number of aliphatic hydroxyl groups excluding tert-OH is 1. The van der Waals surface area contributed by atoms with Gasteiger partial charge in [0.1, 0.15) is 5.78 Å². The highest BCUT2D eigenvalue weighted by atomic mass is 28.4. The molecular weight excluding hydrogens is 685 g/mol. The molecule has 4 aliphatic rings. The fraction of sp³-hybridized carbons (Fsp3) is 0.851. The summed E-state index contributed by atoms with van der Waals surface area (Å²) in [4.78, 5) is 13.3. The van der Waals surface area contributed by atoms with Crippen LogP contribution in [0.15, 0.2) is 35.5 Å². The Morgan fingerprint density at radius 1 is 0.849 bits per heavy atom. The first-order valence-corrected chi connectivity index (χ1v) is 27.8. The smallest absolute Gasteiger partial charge is 0.192 e. The number of aliphatic hydroxyl groups is 1. The Morgan fingerprint density at radius 2 is 1.42 bits per heavy atom. The predicted octanol–water partition coefficient (Wildman–Crippen LogP) is 13.7. The third-order valence-corrected chi connectivity index (χ3v) is 24.6. The quantitative estimate of drug-likeness (QED) is 0.0965. The zero-order valence-electron chi connectivity index (χ0n) is 37.2. The molecule has 4 rings (SSSR count). The van der Waals surface area contributed by atoms with Crippen molar-refractivity contribution in [1.82, 2.24) is 0 Å². The average molecular weight is 769 g/mol. The fourth-order valence-corrected chi connectivity index (χ4v) is 12.7. The van der Waals surface area contributed by atoms with Gasteiger partial charge in [-0.1, -0.05) is 130 Å². The van der Waals surface area contributed by atoms with Crippen molar-refractivity contribution < 1.29 is 18.8 Å². The van der Waals surface area contributed by atoms with Gasteiger partial charge in [-0.2, -0.15) is 0 Å². The van der Waals surface area contributed by atoms with Crippen molar-refractivity contribution in [2.45, 2.75) is 227 Å². The zero-order valence-corrected chi connectivity index (χ0v) is 39.2. The number of carbonyl (C=O) groups is 1. The van der Waals surface area contributed by atoms with E-state index in [2.05, 4.69) is 114 Å². The number of rotatable bonds is 16. The molecule has 0 spiro atoms. The summed E-state index contributed by atoms with van der Waals surface area (Å²) >= 11 is 0. The summed E-state index contributed by atoms with van der Waals surface area (Å²) in [5, 5.41) is 11.8. The first-order chi connectivity index (χ1) is 24.4. The van der Waals surface area contributed by atoms with Crippen molar-refractivity contribution in [3.63, 3.8) is 0 Å². The monoisotopic (exact) mass is 769 g/mol. The lowest BCUT2D eigenvalue weighted by Gasteiger charge is -2.47. The molecule has 4 fully saturated rings. The molecule has 0 bridgehead atoms. The molecule has 4 saturated carbocycles. The average Bonchev–Trinajstić information content (AvgIpc) is 3.76. The number of ketones is 1. The molecule has 304 valence electrons. The highest BCUT2D eigenvalue weighted by Crippen LogP contribution is 2.62. The number of fused-ring (bicyclic) bond motifs is 1. The molecule has 0 radical (unpaired) electrons. The van der Waals surface area contributed by atoms with Gasteiger partial charge in [0.05, 0.1) is 23.7 Å². The summed E-state index contributed by atoms with van der Waals surface area (Å²) in [6.07, 6.45) is 26.4. The lowest BCUT2D eigenvalue weighted by molar-refractivity contribution is -0.127. The SMILES string of the molecule is CCCCCCCC(=O)C1(C(O)/C=C/C(C)(C)[C@H]2CC[C@H]3/C(=C/C=C4C[C@@H](O[Si](C)(C)C(C)(C)C)C[C@H](O[Si](C)(C)C(C)(C)C)C4)CCC[C@]23C)CC1. The first kappa shape index (κ1) is 44.9. The molecule has 0 heterocycles. The topological polar surface area (TPSA) is 55.8 Å². The minimum absolute atomic E-state index is 0.0450. The Kier molecular flexibility index (Phi) is 14.4. The van der Waals surface area contributed by atoms with E-state index in [1.54, 1.807) is 5.57 Å². The Balaban J connectivity index is 1.49. The van der Waals surface area contributed by atoms with Crippen LogP contribution in [-0.2, 0) is 13.6 Å². The molecule has 6 heteroatoms. The van der Waals surface area contributed by atoms with Crippen LogP contribution < -0.4 is 0 Å². The van der Waals surface area contributed by atoms with Crippen LogP contribution in [0.1, 0.15) is 172 Å². The summed E-state index contributed by atoms with van der Waals surface area (Å²) in [6, 6.07) is 0. The van der Waals surface area contributed by atoms with Crippen molar-refractivity contribution >= 4 is 22.4 Å². The highest BCUT2D eigenvalue weighted by Gasteiger charge is 2.55. The van der Waals surface area contributed by atoms with E-state index in [9.17, 15) is 9.90 Å². The Hall–Kier alpha value is -0.796. The highest BCUT2D eigenvalue weighted by molar-refractivity contribution is 6.74. The lowest BCUT2D eigenvalue weighted by Crippen LogP contribution is -2.48. The van der Waals surface area contributed by atoms with Gasteiger partial charge in [-0.15, -0.1) is 0 Å². The number of Topliss-reactive ketones (excluding diaryl/α,β-unsaturated/α-hetero) is 1. The van der Waals surface area contributed by atoms with E-state index in [1.807, 2.05) is 6.08 Å². The van der Waals surface area contributed by atoms with E-state index < -0.39 is 28.2 Å². The van der Waals surface area contributed by atoms with E-state index in [-0.39, 0.29) is 33.1 Å².